The molecule has 5 nitrogen and oxygen atoms in total. The van der Waals surface area contributed by atoms with Crippen molar-refractivity contribution in [3.63, 3.8) is 0 Å². The van der Waals surface area contributed by atoms with E-state index >= 15 is 0 Å². The quantitative estimate of drug-likeness (QED) is 0.909. The average molecular weight is 352 g/mol. The number of fused-ring (bicyclic) bond motifs is 1. The predicted molar refractivity (Wildman–Crippen MR) is 87.0 cm³/mol. The van der Waals surface area contributed by atoms with E-state index < -0.39 is 24.8 Å². The zero-order valence-electron chi connectivity index (χ0n) is 14.5. The lowest BCUT2D eigenvalue weighted by Crippen LogP contribution is -2.57. The number of amides is 2. The van der Waals surface area contributed by atoms with Crippen molar-refractivity contribution in [2.75, 3.05) is 6.54 Å². The van der Waals surface area contributed by atoms with E-state index in [1.165, 1.54) is 4.90 Å². The topological polar surface area (TPSA) is 58.6 Å². The third kappa shape index (κ3) is 3.51. The molecule has 7 heteroatoms. The minimum absolute atomic E-state index is 0.0117. The van der Waals surface area contributed by atoms with Gasteiger partial charge in [0, 0.05) is 13.0 Å². The number of hydrogen-bond donors (Lipinski definition) is 1. The van der Waals surface area contributed by atoms with Crippen LogP contribution in [0.3, 0.4) is 0 Å². The summed E-state index contributed by atoms with van der Waals surface area (Å²) in [6, 6.07) is 6.01. The van der Waals surface area contributed by atoms with E-state index in [0.717, 1.165) is 5.56 Å². The Hall–Kier alpha value is -2.02. The summed E-state index contributed by atoms with van der Waals surface area (Å²) < 4.78 is 29.3. The highest BCUT2D eigenvalue weighted by Gasteiger charge is 2.47. The maximum Gasteiger partial charge on any atom is 0.345 e. The van der Waals surface area contributed by atoms with Gasteiger partial charge in [0.15, 0.2) is 0 Å². The second kappa shape index (κ2) is 6.37. The van der Waals surface area contributed by atoms with E-state index in [0.29, 0.717) is 5.56 Å². The highest BCUT2D eigenvalue weighted by Crippen LogP contribution is 2.31. The van der Waals surface area contributed by atoms with Crippen LogP contribution < -0.4 is 5.32 Å². The van der Waals surface area contributed by atoms with Gasteiger partial charge in [0.25, 0.3) is 5.91 Å². The van der Waals surface area contributed by atoms with Crippen LogP contribution in [0.25, 0.3) is 0 Å². The van der Waals surface area contributed by atoms with Crippen LogP contribution in [0.5, 0.6) is 0 Å². The molecule has 2 fully saturated rings. The summed E-state index contributed by atoms with van der Waals surface area (Å²) in [6.45, 7) is 3.37. The molecule has 1 aromatic rings. The molecule has 2 amide bonds. The van der Waals surface area contributed by atoms with Gasteiger partial charge in [-0.1, -0.05) is 45.0 Å². The molecule has 0 spiro atoms. The van der Waals surface area contributed by atoms with Gasteiger partial charge in [0.05, 0.1) is 6.10 Å². The molecule has 1 N–H and O–H groups in total. The molecule has 2 heterocycles. The van der Waals surface area contributed by atoms with Crippen molar-refractivity contribution in [3.8, 4) is 0 Å². The first-order chi connectivity index (χ1) is 11.7. The Morgan fingerprint density at radius 3 is 2.40 bits per heavy atom. The van der Waals surface area contributed by atoms with Gasteiger partial charge in [0.2, 0.25) is 5.91 Å². The lowest BCUT2D eigenvalue weighted by molar-refractivity contribution is -0.160. The molecular weight excluding hydrogens is 330 g/mol. The number of carbonyl (C=O) groups excluding carboxylic acids is 2. The van der Waals surface area contributed by atoms with E-state index in [2.05, 4.69) is 30.8 Å². The Balaban J connectivity index is 1.79. The molecule has 1 aromatic carbocycles. The fourth-order valence-corrected chi connectivity index (χ4v) is 3.40. The summed E-state index contributed by atoms with van der Waals surface area (Å²) in [5.74, 6) is -0.613. The van der Waals surface area contributed by atoms with Gasteiger partial charge in [-0.2, -0.15) is 8.78 Å². The van der Waals surface area contributed by atoms with Crippen LogP contribution in [0.15, 0.2) is 24.3 Å². The van der Waals surface area contributed by atoms with Gasteiger partial charge in [-0.15, -0.1) is 0 Å². The molecule has 1 unspecified atom stereocenters. The van der Waals surface area contributed by atoms with Crippen molar-refractivity contribution < 1.29 is 23.1 Å². The fourth-order valence-electron chi connectivity index (χ4n) is 3.40. The lowest BCUT2D eigenvalue weighted by atomic mass is 9.86. The lowest BCUT2D eigenvalue weighted by Gasteiger charge is -2.34. The van der Waals surface area contributed by atoms with Crippen LogP contribution in [0.1, 0.15) is 44.4 Å². The van der Waals surface area contributed by atoms with Gasteiger partial charge in [-0.3, -0.25) is 9.59 Å². The van der Waals surface area contributed by atoms with Crippen LogP contribution in [0, 0.1) is 0 Å². The van der Waals surface area contributed by atoms with Crippen molar-refractivity contribution in [1.82, 2.24) is 10.2 Å². The number of hydrogen-bond acceptors (Lipinski definition) is 3. The normalized spacial score (nSPS) is 26.8. The molecule has 2 aliphatic heterocycles. The largest absolute Gasteiger partial charge is 0.345 e. The van der Waals surface area contributed by atoms with Crippen molar-refractivity contribution in [1.29, 1.82) is 0 Å². The zero-order valence-corrected chi connectivity index (χ0v) is 14.5. The van der Waals surface area contributed by atoms with Gasteiger partial charge >= 0.3 is 6.61 Å². The molecule has 0 radical (unpaired) electrons. The summed E-state index contributed by atoms with van der Waals surface area (Å²) in [4.78, 5) is 26.4. The Bertz CT molecular complexity index is 670. The third-order valence-electron chi connectivity index (χ3n) is 4.79. The summed E-state index contributed by atoms with van der Waals surface area (Å²) in [5.41, 5.74) is 1.79. The highest BCUT2D eigenvalue weighted by atomic mass is 19.3. The molecule has 0 saturated carbocycles. The Labute approximate surface area is 145 Å². The van der Waals surface area contributed by atoms with Crippen molar-refractivity contribution in [2.24, 2.45) is 0 Å². The number of nitrogens with one attached hydrogen (secondary N) is 1. The molecular formula is C18H22F2N2O3. The van der Waals surface area contributed by atoms with E-state index in [-0.39, 0.29) is 30.2 Å². The molecule has 0 aromatic heterocycles. The standard InChI is InChI=1S/C18H22F2N2O3/c1-18(2,3)11-6-4-10(5-7-11)14-16(24)22-9-12(25-17(19)20)8-13(22)15(23)21-14/h4-7,12-14,17H,8-9H2,1-3H3,(H,21,23)/t12-,13+,14?/m1/s1. The molecule has 3 atom stereocenters. The van der Waals surface area contributed by atoms with E-state index in [1.807, 2.05) is 24.3 Å². The van der Waals surface area contributed by atoms with Crippen LogP contribution in [0.2, 0.25) is 0 Å². The fraction of sp³-hybridized carbons (Fsp3) is 0.556. The van der Waals surface area contributed by atoms with Crippen LogP contribution in [-0.2, 0) is 19.7 Å². The van der Waals surface area contributed by atoms with Gasteiger partial charge < -0.3 is 15.0 Å². The molecule has 136 valence electrons. The number of alkyl halides is 2. The maximum absolute atomic E-state index is 12.7. The first-order valence-electron chi connectivity index (χ1n) is 8.31. The predicted octanol–water partition coefficient (Wildman–Crippen LogP) is 2.36. The van der Waals surface area contributed by atoms with Gasteiger partial charge in [-0.05, 0) is 16.5 Å². The summed E-state index contributed by atoms with van der Waals surface area (Å²) >= 11 is 0. The monoisotopic (exact) mass is 352 g/mol. The SMILES string of the molecule is CC(C)(C)c1ccc(C2NC(=O)[C@@H]3C[C@@H](OC(F)F)CN3C2=O)cc1. The average Bonchev–Trinajstić information content (AvgIpc) is 2.94. The van der Waals surface area contributed by atoms with Gasteiger partial charge in [0.1, 0.15) is 12.1 Å². The molecule has 2 aliphatic rings. The number of ether oxygens (including phenoxy) is 1. The smallest absolute Gasteiger partial charge is 0.339 e. The molecule has 0 aliphatic carbocycles. The Morgan fingerprint density at radius 1 is 1.20 bits per heavy atom. The van der Waals surface area contributed by atoms with E-state index in [1.54, 1.807) is 0 Å². The minimum atomic E-state index is -2.91. The van der Waals surface area contributed by atoms with E-state index in [9.17, 15) is 18.4 Å². The molecule has 3 rings (SSSR count). The number of benzene rings is 1. The maximum atomic E-state index is 12.7. The first kappa shape index (κ1) is 17.8. The molecule has 25 heavy (non-hydrogen) atoms. The third-order valence-corrected chi connectivity index (χ3v) is 4.79. The number of carbonyl (C=O) groups is 2. The van der Waals surface area contributed by atoms with Crippen LogP contribution in [-0.4, -0.2) is 42.0 Å². The zero-order chi connectivity index (χ0) is 18.4. The number of piperazine rings is 1. The van der Waals surface area contributed by atoms with Crippen LogP contribution >= 0.6 is 0 Å². The second-order valence-electron chi connectivity index (χ2n) is 7.57. The Morgan fingerprint density at radius 2 is 1.84 bits per heavy atom. The van der Waals surface area contributed by atoms with Crippen LogP contribution in [0.4, 0.5) is 8.78 Å². The van der Waals surface area contributed by atoms with E-state index in [4.69, 9.17) is 0 Å². The number of halogens is 2. The Kier molecular flexibility index (Phi) is 4.53. The van der Waals surface area contributed by atoms with Crippen molar-refractivity contribution >= 4 is 11.8 Å². The summed E-state index contributed by atoms with van der Waals surface area (Å²) in [5, 5.41) is 2.71. The number of nitrogens with zero attached hydrogens (tertiary/aromatic N) is 1. The molecule has 2 saturated heterocycles. The summed E-state index contributed by atoms with van der Waals surface area (Å²) in [7, 11) is 0. The minimum Gasteiger partial charge on any atom is -0.339 e. The van der Waals surface area contributed by atoms with Crippen molar-refractivity contribution in [3.05, 3.63) is 35.4 Å². The highest BCUT2D eigenvalue weighted by molar-refractivity contribution is 5.98. The van der Waals surface area contributed by atoms with Gasteiger partial charge in [-0.25, -0.2) is 0 Å². The molecule has 0 bridgehead atoms. The summed E-state index contributed by atoms with van der Waals surface area (Å²) in [6.07, 6.45) is -0.723. The number of rotatable bonds is 3. The second-order valence-corrected chi connectivity index (χ2v) is 7.57. The van der Waals surface area contributed by atoms with Crippen molar-refractivity contribution in [2.45, 2.75) is 57.4 Å². The first-order valence-corrected chi connectivity index (χ1v) is 8.31.